The number of ether oxygens (including phenoxy) is 1. The van der Waals surface area contributed by atoms with Gasteiger partial charge in [0.05, 0.1) is 24.5 Å². The number of aromatic amines is 3. The molecule has 0 atom stereocenters. The molecule has 4 rings (SSSR count). The van der Waals surface area contributed by atoms with E-state index in [0.29, 0.717) is 22.2 Å². The highest BCUT2D eigenvalue weighted by molar-refractivity contribution is 6.32. The zero-order valence-corrected chi connectivity index (χ0v) is 13.7. The van der Waals surface area contributed by atoms with Crippen LogP contribution in [0.5, 0.6) is 5.88 Å². The Morgan fingerprint density at radius 1 is 1.19 bits per heavy atom. The SMILES string of the molecule is COc1nc2c(-c3cn[nH]c3)c(-c3nnc(C(F)(F)F)[nH]3)[nH]c2cc1Cl. The van der Waals surface area contributed by atoms with Gasteiger partial charge >= 0.3 is 6.18 Å². The van der Waals surface area contributed by atoms with Gasteiger partial charge in [0, 0.05) is 17.3 Å². The number of fused-ring (bicyclic) bond motifs is 1. The Balaban J connectivity index is 2.00. The highest BCUT2D eigenvalue weighted by atomic mass is 35.5. The predicted molar refractivity (Wildman–Crippen MR) is 85.6 cm³/mol. The molecule has 0 saturated carbocycles. The first kappa shape index (κ1) is 16.4. The molecule has 134 valence electrons. The third kappa shape index (κ3) is 2.56. The lowest BCUT2D eigenvalue weighted by atomic mass is 10.1. The fraction of sp³-hybridized carbons (Fsp3) is 0.143. The van der Waals surface area contributed by atoms with Gasteiger partial charge in [-0.1, -0.05) is 11.6 Å². The molecule has 0 bridgehead atoms. The topological polar surface area (TPSA) is 108 Å². The van der Waals surface area contributed by atoms with Crippen LogP contribution in [0.3, 0.4) is 0 Å². The van der Waals surface area contributed by atoms with Crippen molar-refractivity contribution >= 4 is 22.6 Å². The maximum absolute atomic E-state index is 12.8. The summed E-state index contributed by atoms with van der Waals surface area (Å²) in [5.41, 5.74) is 2.27. The monoisotopic (exact) mass is 383 g/mol. The number of hydrogen-bond donors (Lipinski definition) is 3. The molecule has 0 fully saturated rings. The van der Waals surface area contributed by atoms with Gasteiger partial charge in [-0.25, -0.2) is 4.98 Å². The van der Waals surface area contributed by atoms with E-state index in [1.54, 1.807) is 12.3 Å². The van der Waals surface area contributed by atoms with E-state index in [9.17, 15) is 13.2 Å². The van der Waals surface area contributed by atoms with Crippen molar-refractivity contribution in [2.24, 2.45) is 0 Å². The van der Waals surface area contributed by atoms with Gasteiger partial charge in [-0.15, -0.1) is 10.2 Å². The quantitative estimate of drug-likeness (QED) is 0.502. The number of nitrogens with one attached hydrogen (secondary N) is 3. The van der Waals surface area contributed by atoms with E-state index in [-0.39, 0.29) is 22.4 Å². The van der Waals surface area contributed by atoms with Crippen LogP contribution in [0.25, 0.3) is 33.7 Å². The van der Waals surface area contributed by atoms with E-state index in [2.05, 4.69) is 35.3 Å². The van der Waals surface area contributed by atoms with E-state index in [1.807, 2.05) is 0 Å². The normalized spacial score (nSPS) is 12.0. The number of hydrogen-bond acceptors (Lipinski definition) is 5. The molecule has 0 amide bonds. The summed E-state index contributed by atoms with van der Waals surface area (Å²) in [4.78, 5) is 9.49. The third-order valence-electron chi connectivity index (χ3n) is 3.66. The average Bonchev–Trinajstić information content (AvgIpc) is 3.31. The summed E-state index contributed by atoms with van der Waals surface area (Å²) >= 11 is 6.09. The van der Waals surface area contributed by atoms with Crippen LogP contribution in [0.2, 0.25) is 5.02 Å². The third-order valence-corrected chi connectivity index (χ3v) is 3.93. The molecular formula is C14H9ClF3N7O. The van der Waals surface area contributed by atoms with Gasteiger partial charge in [0.2, 0.25) is 11.7 Å². The lowest BCUT2D eigenvalue weighted by Crippen LogP contribution is -2.07. The first-order chi connectivity index (χ1) is 12.4. The van der Waals surface area contributed by atoms with Gasteiger partial charge in [0.25, 0.3) is 0 Å². The minimum Gasteiger partial charge on any atom is -0.480 e. The second-order valence-corrected chi connectivity index (χ2v) is 5.66. The lowest BCUT2D eigenvalue weighted by Gasteiger charge is -2.03. The number of rotatable bonds is 3. The molecule has 0 aliphatic heterocycles. The summed E-state index contributed by atoms with van der Waals surface area (Å²) in [5, 5.41) is 13.5. The number of methoxy groups -OCH3 is 1. The molecule has 0 aromatic carbocycles. The van der Waals surface area contributed by atoms with Crippen LogP contribution in [0.1, 0.15) is 5.82 Å². The number of H-pyrrole nitrogens is 3. The zero-order valence-electron chi connectivity index (χ0n) is 12.9. The van der Waals surface area contributed by atoms with E-state index in [4.69, 9.17) is 16.3 Å². The smallest absolute Gasteiger partial charge is 0.451 e. The molecule has 0 aliphatic rings. The molecule has 4 heterocycles. The molecule has 0 spiro atoms. The van der Waals surface area contributed by atoms with Crippen molar-refractivity contribution in [1.29, 1.82) is 0 Å². The van der Waals surface area contributed by atoms with E-state index < -0.39 is 12.0 Å². The minimum absolute atomic E-state index is 0.0957. The molecule has 26 heavy (non-hydrogen) atoms. The van der Waals surface area contributed by atoms with E-state index in [0.717, 1.165) is 0 Å². The molecule has 0 saturated heterocycles. The summed E-state index contributed by atoms with van der Waals surface area (Å²) in [6.07, 6.45) is -1.55. The number of halogens is 4. The Hall–Kier alpha value is -3.08. The van der Waals surface area contributed by atoms with Crippen LogP contribution in [0, 0.1) is 0 Å². The molecular weight excluding hydrogens is 375 g/mol. The van der Waals surface area contributed by atoms with Crippen LogP contribution in [0.4, 0.5) is 13.2 Å². The Labute approximate surface area is 147 Å². The minimum atomic E-state index is -4.64. The van der Waals surface area contributed by atoms with Gasteiger partial charge in [-0.2, -0.15) is 18.3 Å². The molecule has 12 heteroatoms. The molecule has 4 aromatic heterocycles. The fourth-order valence-corrected chi connectivity index (χ4v) is 2.79. The van der Waals surface area contributed by atoms with Crippen LogP contribution in [0.15, 0.2) is 18.5 Å². The molecule has 0 unspecified atom stereocenters. The van der Waals surface area contributed by atoms with Crippen molar-refractivity contribution in [2.75, 3.05) is 7.11 Å². The highest BCUT2D eigenvalue weighted by Crippen LogP contribution is 2.39. The maximum Gasteiger partial charge on any atom is 0.451 e. The molecule has 0 aliphatic carbocycles. The van der Waals surface area contributed by atoms with Crippen molar-refractivity contribution in [3.63, 3.8) is 0 Å². The molecule has 3 N–H and O–H groups in total. The Morgan fingerprint density at radius 2 is 2.00 bits per heavy atom. The van der Waals surface area contributed by atoms with Crippen molar-refractivity contribution in [1.82, 2.24) is 35.3 Å². The average molecular weight is 384 g/mol. The number of pyridine rings is 1. The molecule has 8 nitrogen and oxygen atoms in total. The highest BCUT2D eigenvalue weighted by Gasteiger charge is 2.36. The van der Waals surface area contributed by atoms with Gasteiger partial charge < -0.3 is 14.7 Å². The van der Waals surface area contributed by atoms with E-state index in [1.165, 1.54) is 13.3 Å². The zero-order chi connectivity index (χ0) is 18.5. The van der Waals surface area contributed by atoms with Crippen molar-refractivity contribution in [2.45, 2.75) is 6.18 Å². The second kappa shape index (κ2) is 5.73. The standard InChI is InChI=1S/C14H9ClF3N7O/c1-26-12-6(15)2-7-9(22-12)8(5-3-19-20-4-5)10(21-7)11-23-13(25-24-11)14(16,17)18/h2-4,21H,1H3,(H,19,20)(H,23,24,25). The van der Waals surface area contributed by atoms with Crippen LogP contribution in [-0.4, -0.2) is 42.5 Å². The van der Waals surface area contributed by atoms with E-state index >= 15 is 0 Å². The second-order valence-electron chi connectivity index (χ2n) is 5.26. The lowest BCUT2D eigenvalue weighted by molar-refractivity contribution is -0.144. The number of alkyl halides is 3. The van der Waals surface area contributed by atoms with Crippen LogP contribution in [-0.2, 0) is 6.18 Å². The first-order valence-corrected chi connectivity index (χ1v) is 7.52. The summed E-state index contributed by atoms with van der Waals surface area (Å²) in [5.74, 6) is -1.11. The Morgan fingerprint density at radius 3 is 2.62 bits per heavy atom. The van der Waals surface area contributed by atoms with Gasteiger partial charge in [0.1, 0.15) is 10.5 Å². The molecule has 0 radical (unpaired) electrons. The Bertz CT molecular complexity index is 1080. The number of nitrogens with zero attached hydrogens (tertiary/aromatic N) is 4. The van der Waals surface area contributed by atoms with Crippen LogP contribution < -0.4 is 4.74 Å². The first-order valence-electron chi connectivity index (χ1n) is 7.14. The summed E-state index contributed by atoms with van der Waals surface area (Å²) in [7, 11) is 1.41. The molecule has 4 aromatic rings. The Kier molecular flexibility index (Phi) is 3.61. The summed E-state index contributed by atoms with van der Waals surface area (Å²) < 4.78 is 43.6. The van der Waals surface area contributed by atoms with Gasteiger partial charge in [0.15, 0.2) is 5.82 Å². The van der Waals surface area contributed by atoms with Crippen molar-refractivity contribution < 1.29 is 17.9 Å². The fourth-order valence-electron chi connectivity index (χ4n) is 2.57. The van der Waals surface area contributed by atoms with Crippen molar-refractivity contribution in [3.8, 4) is 28.5 Å². The predicted octanol–water partition coefficient (Wildman–Crippen LogP) is 3.42. The van der Waals surface area contributed by atoms with Crippen LogP contribution >= 0.6 is 11.6 Å². The summed E-state index contributed by atoms with van der Waals surface area (Å²) in [6.45, 7) is 0. The maximum atomic E-state index is 12.8. The largest absolute Gasteiger partial charge is 0.480 e. The van der Waals surface area contributed by atoms with Crippen molar-refractivity contribution in [3.05, 3.63) is 29.3 Å². The van der Waals surface area contributed by atoms with Gasteiger partial charge in [-0.05, 0) is 6.07 Å². The summed E-state index contributed by atoms with van der Waals surface area (Å²) in [6, 6.07) is 1.57. The van der Waals surface area contributed by atoms with Gasteiger partial charge in [-0.3, -0.25) is 5.10 Å². The number of aromatic nitrogens is 7.